The third-order valence-corrected chi connectivity index (χ3v) is 4.23. The van der Waals surface area contributed by atoms with Crippen molar-refractivity contribution in [3.05, 3.63) is 87.8 Å². The maximum absolute atomic E-state index is 13.1. The Balaban J connectivity index is 2.35. The normalized spacial score (nSPS) is 11.4. The number of benzene rings is 2. The molecule has 0 saturated heterocycles. The van der Waals surface area contributed by atoms with E-state index in [0.29, 0.717) is 16.8 Å². The number of carbonyl (C=O) groups excluding carboxylic acids is 1. The molecule has 0 radical (unpaired) electrons. The van der Waals surface area contributed by atoms with E-state index in [1.54, 1.807) is 37.3 Å². The number of aromatic nitrogens is 1. The van der Waals surface area contributed by atoms with Crippen LogP contribution in [0.3, 0.4) is 0 Å². The van der Waals surface area contributed by atoms with E-state index in [1.807, 2.05) is 0 Å². The summed E-state index contributed by atoms with van der Waals surface area (Å²) in [5, 5.41) is 0. The highest BCUT2D eigenvalue weighted by molar-refractivity contribution is 5.94. The highest BCUT2D eigenvalue weighted by Gasteiger charge is 2.31. The highest BCUT2D eigenvalue weighted by Crippen LogP contribution is 2.31. The second kappa shape index (κ2) is 6.75. The fraction of sp³-hybridized carbons (Fsp3) is 0.100. The number of carbonyl (C=O) groups is 1. The van der Waals surface area contributed by atoms with Crippen LogP contribution in [0.1, 0.15) is 21.6 Å². The predicted octanol–water partition coefficient (Wildman–Crippen LogP) is 3.93. The van der Waals surface area contributed by atoms with Crippen molar-refractivity contribution in [1.82, 2.24) is 4.57 Å². The molecule has 27 heavy (non-hydrogen) atoms. The number of rotatable bonds is 3. The third-order valence-electron chi connectivity index (χ3n) is 4.23. The minimum absolute atomic E-state index is 0.00704. The SMILES string of the molecule is Cc1c(-c2ccccc2)cc(C(N)=O)c(=O)n1-c1cccc(C(F)(F)F)c1. The van der Waals surface area contributed by atoms with Gasteiger partial charge in [-0.1, -0.05) is 36.4 Å². The van der Waals surface area contributed by atoms with Crippen molar-refractivity contribution in [3.63, 3.8) is 0 Å². The van der Waals surface area contributed by atoms with Crippen molar-refractivity contribution in [2.45, 2.75) is 13.1 Å². The molecular formula is C20H15F3N2O2. The summed E-state index contributed by atoms with van der Waals surface area (Å²) in [6.45, 7) is 1.61. The lowest BCUT2D eigenvalue weighted by Gasteiger charge is -2.17. The van der Waals surface area contributed by atoms with Crippen LogP contribution in [0.4, 0.5) is 13.2 Å². The number of nitrogens with zero attached hydrogens (tertiary/aromatic N) is 1. The Morgan fingerprint density at radius 2 is 1.67 bits per heavy atom. The van der Waals surface area contributed by atoms with E-state index in [4.69, 9.17) is 5.73 Å². The minimum Gasteiger partial charge on any atom is -0.365 e. The van der Waals surface area contributed by atoms with Gasteiger partial charge in [0, 0.05) is 16.9 Å². The second-order valence-electron chi connectivity index (χ2n) is 5.98. The number of pyridine rings is 1. The predicted molar refractivity (Wildman–Crippen MR) is 95.7 cm³/mol. The molecule has 7 heteroatoms. The van der Waals surface area contributed by atoms with Crippen molar-refractivity contribution in [1.29, 1.82) is 0 Å². The maximum Gasteiger partial charge on any atom is 0.416 e. The lowest BCUT2D eigenvalue weighted by atomic mass is 10.0. The second-order valence-corrected chi connectivity index (χ2v) is 5.98. The molecule has 0 atom stereocenters. The first kappa shape index (κ1) is 18.4. The van der Waals surface area contributed by atoms with Crippen molar-refractivity contribution in [3.8, 4) is 16.8 Å². The third kappa shape index (κ3) is 3.48. The number of hydrogen-bond acceptors (Lipinski definition) is 2. The van der Waals surface area contributed by atoms with Crippen LogP contribution in [0.2, 0.25) is 0 Å². The fourth-order valence-corrected chi connectivity index (χ4v) is 2.92. The Hall–Kier alpha value is -3.35. The van der Waals surface area contributed by atoms with Crippen molar-refractivity contribution in [2.75, 3.05) is 0 Å². The molecule has 0 aliphatic rings. The Labute approximate surface area is 152 Å². The Kier molecular flexibility index (Phi) is 4.61. The van der Waals surface area contributed by atoms with Crippen LogP contribution < -0.4 is 11.3 Å². The maximum atomic E-state index is 13.1. The van der Waals surface area contributed by atoms with Gasteiger partial charge in [0.15, 0.2) is 0 Å². The number of halogens is 3. The number of alkyl halides is 3. The molecule has 0 aliphatic heterocycles. The van der Waals surface area contributed by atoms with Crippen molar-refractivity contribution < 1.29 is 18.0 Å². The average Bonchev–Trinajstić information content (AvgIpc) is 2.62. The van der Waals surface area contributed by atoms with Gasteiger partial charge in [0.2, 0.25) is 0 Å². The van der Waals surface area contributed by atoms with Gasteiger partial charge in [-0.3, -0.25) is 14.2 Å². The van der Waals surface area contributed by atoms with E-state index in [-0.39, 0.29) is 11.3 Å². The lowest BCUT2D eigenvalue weighted by molar-refractivity contribution is -0.137. The van der Waals surface area contributed by atoms with Gasteiger partial charge < -0.3 is 5.73 Å². The first-order chi connectivity index (χ1) is 12.7. The summed E-state index contributed by atoms with van der Waals surface area (Å²) in [5.74, 6) is -0.946. The van der Waals surface area contributed by atoms with Crippen LogP contribution in [0.25, 0.3) is 16.8 Å². The molecule has 3 aromatic rings. The molecule has 2 aromatic carbocycles. The largest absolute Gasteiger partial charge is 0.416 e. The van der Waals surface area contributed by atoms with E-state index >= 15 is 0 Å². The van der Waals surface area contributed by atoms with Gasteiger partial charge in [-0.25, -0.2) is 0 Å². The number of amides is 1. The first-order valence-electron chi connectivity index (χ1n) is 7.99. The molecular weight excluding hydrogens is 357 g/mol. The first-order valence-corrected chi connectivity index (χ1v) is 7.99. The minimum atomic E-state index is -4.56. The fourth-order valence-electron chi connectivity index (χ4n) is 2.92. The zero-order chi connectivity index (χ0) is 19.8. The molecule has 0 saturated carbocycles. The van der Waals surface area contributed by atoms with Gasteiger partial charge in [0.1, 0.15) is 5.56 Å². The monoisotopic (exact) mass is 372 g/mol. The zero-order valence-corrected chi connectivity index (χ0v) is 14.2. The number of primary amides is 1. The summed E-state index contributed by atoms with van der Waals surface area (Å²) in [5.41, 5.74) is 5.02. The summed E-state index contributed by atoms with van der Waals surface area (Å²) in [7, 11) is 0. The number of nitrogens with two attached hydrogens (primary N) is 1. The van der Waals surface area contributed by atoms with E-state index in [9.17, 15) is 22.8 Å². The van der Waals surface area contributed by atoms with Gasteiger partial charge in [-0.15, -0.1) is 0 Å². The van der Waals surface area contributed by atoms with E-state index in [2.05, 4.69) is 0 Å². The van der Waals surface area contributed by atoms with E-state index in [1.165, 1.54) is 18.2 Å². The molecule has 138 valence electrons. The molecule has 3 rings (SSSR count). The van der Waals surface area contributed by atoms with Crippen LogP contribution in [0.5, 0.6) is 0 Å². The van der Waals surface area contributed by atoms with Crippen LogP contribution in [0.15, 0.2) is 65.5 Å². The topological polar surface area (TPSA) is 65.1 Å². The smallest absolute Gasteiger partial charge is 0.365 e. The lowest BCUT2D eigenvalue weighted by Crippen LogP contribution is -2.30. The van der Waals surface area contributed by atoms with Gasteiger partial charge >= 0.3 is 6.18 Å². The Bertz CT molecular complexity index is 1070. The van der Waals surface area contributed by atoms with Crippen LogP contribution in [-0.4, -0.2) is 10.5 Å². The summed E-state index contributed by atoms with van der Waals surface area (Å²) in [6.07, 6.45) is -4.56. The number of hydrogen-bond donors (Lipinski definition) is 1. The standard InChI is InChI=1S/C20H15F3N2O2/c1-12-16(13-6-3-2-4-7-13)11-17(18(24)26)19(27)25(12)15-9-5-8-14(10-15)20(21,22)23/h2-11H,1H3,(H2,24,26). The molecule has 1 amide bonds. The molecule has 4 nitrogen and oxygen atoms in total. The molecule has 0 fully saturated rings. The molecule has 2 N–H and O–H groups in total. The molecule has 0 bridgehead atoms. The van der Waals surface area contributed by atoms with Gasteiger partial charge in [-0.05, 0) is 36.8 Å². The summed E-state index contributed by atoms with van der Waals surface area (Å²) in [4.78, 5) is 24.5. The zero-order valence-electron chi connectivity index (χ0n) is 14.2. The Morgan fingerprint density at radius 3 is 2.26 bits per heavy atom. The molecule has 0 unspecified atom stereocenters. The van der Waals surface area contributed by atoms with Crippen molar-refractivity contribution >= 4 is 5.91 Å². The molecule has 1 aromatic heterocycles. The van der Waals surface area contributed by atoms with E-state index in [0.717, 1.165) is 16.7 Å². The van der Waals surface area contributed by atoms with Crippen LogP contribution >= 0.6 is 0 Å². The summed E-state index contributed by atoms with van der Waals surface area (Å²) in [6, 6.07) is 14.6. The van der Waals surface area contributed by atoms with Crippen LogP contribution in [-0.2, 0) is 6.18 Å². The quantitative estimate of drug-likeness (QED) is 0.757. The summed E-state index contributed by atoms with van der Waals surface area (Å²) >= 11 is 0. The molecule has 1 heterocycles. The van der Waals surface area contributed by atoms with Crippen molar-refractivity contribution in [2.24, 2.45) is 5.73 Å². The molecule has 0 spiro atoms. The Morgan fingerprint density at radius 1 is 1.00 bits per heavy atom. The van der Waals surface area contributed by atoms with Gasteiger partial charge in [0.05, 0.1) is 5.56 Å². The van der Waals surface area contributed by atoms with Gasteiger partial charge in [-0.2, -0.15) is 13.2 Å². The molecule has 0 aliphatic carbocycles. The highest BCUT2D eigenvalue weighted by atomic mass is 19.4. The van der Waals surface area contributed by atoms with E-state index < -0.39 is 23.2 Å². The van der Waals surface area contributed by atoms with Gasteiger partial charge in [0.25, 0.3) is 11.5 Å². The average molecular weight is 372 g/mol. The van der Waals surface area contributed by atoms with Crippen LogP contribution in [0, 0.1) is 6.92 Å². The summed E-state index contributed by atoms with van der Waals surface area (Å²) < 4.78 is 40.3.